The van der Waals surface area contributed by atoms with Gasteiger partial charge < -0.3 is 10.1 Å². The summed E-state index contributed by atoms with van der Waals surface area (Å²) >= 11 is 6.03. The molecule has 0 fully saturated rings. The molecule has 11 heteroatoms. The second kappa shape index (κ2) is 8.13. The standard InChI is InChI=1S/C23H23ClF2N4O3S/c1-13-20(28-19-7-5-15(24)10-30(13)19)18(31)9-14-4-6-17(26)16(8-14)23(11-25)12-34(32,33)22(2,3)21(27)29-23/h4-8,10H,9,11-12H2,1-3H3,(H2,27,29)/t23-/m0/s1. The Hall–Kier alpha value is -2.85. The molecular formula is C23H23ClF2N4O3S. The van der Waals surface area contributed by atoms with Gasteiger partial charge in [-0.3, -0.25) is 9.79 Å². The van der Waals surface area contributed by atoms with E-state index >= 15 is 0 Å². The molecule has 4 rings (SSSR count). The number of hydrogen-bond acceptors (Lipinski definition) is 6. The Balaban J connectivity index is 1.74. The lowest BCUT2D eigenvalue weighted by Gasteiger charge is -2.38. The first-order valence-corrected chi connectivity index (χ1v) is 12.4. The average Bonchev–Trinajstić information content (AvgIpc) is 3.09. The van der Waals surface area contributed by atoms with Gasteiger partial charge in [-0.1, -0.05) is 17.7 Å². The predicted octanol–water partition coefficient (Wildman–Crippen LogP) is 3.59. The van der Waals surface area contributed by atoms with Gasteiger partial charge >= 0.3 is 0 Å². The maximum Gasteiger partial charge on any atom is 0.187 e. The summed E-state index contributed by atoms with van der Waals surface area (Å²) in [7, 11) is -3.95. The molecule has 0 bridgehead atoms. The monoisotopic (exact) mass is 508 g/mol. The van der Waals surface area contributed by atoms with Gasteiger partial charge in [-0.25, -0.2) is 22.2 Å². The normalized spacial score (nSPS) is 21.4. The molecule has 1 aromatic carbocycles. The van der Waals surface area contributed by atoms with Crippen LogP contribution in [0, 0.1) is 12.7 Å². The third kappa shape index (κ3) is 3.78. The number of fused-ring (bicyclic) bond motifs is 1. The van der Waals surface area contributed by atoms with E-state index in [1.54, 1.807) is 29.7 Å². The highest BCUT2D eigenvalue weighted by molar-refractivity contribution is 7.93. The topological polar surface area (TPSA) is 107 Å². The lowest BCUT2D eigenvalue weighted by atomic mass is 9.90. The number of benzene rings is 1. The van der Waals surface area contributed by atoms with Crippen LogP contribution in [0.3, 0.4) is 0 Å². The molecule has 1 atom stereocenters. The van der Waals surface area contributed by atoms with Crippen LogP contribution in [0.4, 0.5) is 8.78 Å². The summed E-state index contributed by atoms with van der Waals surface area (Å²) in [6.07, 6.45) is 1.48. The fourth-order valence-corrected chi connectivity index (χ4v) is 5.85. The Morgan fingerprint density at radius 2 is 1.97 bits per heavy atom. The van der Waals surface area contributed by atoms with Crippen LogP contribution in [-0.2, 0) is 21.8 Å². The van der Waals surface area contributed by atoms with Crippen molar-refractivity contribution in [2.45, 2.75) is 37.5 Å². The third-order valence-corrected chi connectivity index (χ3v) is 9.21. The number of halogens is 3. The van der Waals surface area contributed by atoms with Crippen LogP contribution < -0.4 is 5.73 Å². The van der Waals surface area contributed by atoms with Crippen LogP contribution in [0.2, 0.25) is 5.02 Å². The molecule has 0 amide bonds. The van der Waals surface area contributed by atoms with Gasteiger partial charge in [-0.2, -0.15) is 0 Å². The van der Waals surface area contributed by atoms with Crippen molar-refractivity contribution in [1.82, 2.24) is 9.38 Å². The number of alkyl halides is 1. The highest BCUT2D eigenvalue weighted by atomic mass is 35.5. The van der Waals surface area contributed by atoms with Crippen LogP contribution >= 0.6 is 11.6 Å². The number of sulfone groups is 1. The summed E-state index contributed by atoms with van der Waals surface area (Å²) < 4.78 is 55.1. The number of carbonyl (C=O) groups is 1. The van der Waals surface area contributed by atoms with E-state index in [0.29, 0.717) is 21.9 Å². The lowest BCUT2D eigenvalue weighted by Crippen LogP contribution is -2.56. The Morgan fingerprint density at radius 1 is 1.26 bits per heavy atom. The first kappa shape index (κ1) is 24.3. The smallest absolute Gasteiger partial charge is 0.187 e. The molecule has 0 spiro atoms. The molecule has 0 saturated carbocycles. The number of rotatable bonds is 5. The van der Waals surface area contributed by atoms with Crippen LogP contribution in [0.15, 0.2) is 41.5 Å². The number of nitrogens with two attached hydrogens (primary N) is 1. The zero-order chi connectivity index (χ0) is 25.1. The fourth-order valence-electron chi connectivity index (χ4n) is 4.04. The summed E-state index contributed by atoms with van der Waals surface area (Å²) in [4.78, 5) is 21.5. The SMILES string of the molecule is Cc1c(C(=O)Cc2ccc(F)c([C@]3(CF)CS(=O)(=O)C(C)(C)C(N)=N3)c2)nc2ccc(Cl)cn12. The van der Waals surface area contributed by atoms with E-state index in [-0.39, 0.29) is 29.3 Å². The van der Waals surface area contributed by atoms with E-state index in [0.717, 1.165) is 6.07 Å². The molecule has 0 radical (unpaired) electrons. The molecule has 2 N–H and O–H groups in total. The number of aliphatic imine (C=N–C) groups is 1. The Morgan fingerprint density at radius 3 is 2.62 bits per heavy atom. The average molecular weight is 509 g/mol. The van der Waals surface area contributed by atoms with Crippen molar-refractivity contribution in [2.24, 2.45) is 10.7 Å². The summed E-state index contributed by atoms with van der Waals surface area (Å²) in [6.45, 7) is 3.20. The van der Waals surface area contributed by atoms with E-state index in [9.17, 15) is 22.0 Å². The summed E-state index contributed by atoms with van der Waals surface area (Å²) in [5, 5.41) is 0.483. The van der Waals surface area contributed by atoms with E-state index < -0.39 is 38.4 Å². The predicted molar refractivity (Wildman–Crippen MR) is 127 cm³/mol. The second-order valence-electron chi connectivity index (χ2n) is 8.97. The number of nitrogens with zero attached hydrogens (tertiary/aromatic N) is 3. The van der Waals surface area contributed by atoms with Crippen molar-refractivity contribution >= 4 is 38.7 Å². The minimum Gasteiger partial charge on any atom is -0.386 e. The summed E-state index contributed by atoms with van der Waals surface area (Å²) in [5.41, 5.74) is 5.31. The third-order valence-electron chi connectivity index (χ3n) is 6.36. The van der Waals surface area contributed by atoms with Gasteiger partial charge in [0.1, 0.15) is 40.0 Å². The molecule has 1 aliphatic rings. The molecule has 180 valence electrons. The van der Waals surface area contributed by atoms with E-state index in [1.165, 1.54) is 26.0 Å². The van der Waals surface area contributed by atoms with Gasteiger partial charge in [0.15, 0.2) is 15.6 Å². The highest BCUT2D eigenvalue weighted by Gasteiger charge is 2.51. The maximum absolute atomic E-state index is 14.9. The minimum atomic E-state index is -3.95. The van der Waals surface area contributed by atoms with Crippen molar-refractivity contribution in [3.05, 3.63) is 69.9 Å². The molecule has 2 aromatic heterocycles. The van der Waals surface area contributed by atoms with E-state index in [2.05, 4.69) is 9.98 Å². The molecule has 0 unspecified atom stereocenters. The van der Waals surface area contributed by atoms with Crippen LogP contribution in [0.5, 0.6) is 0 Å². The second-order valence-corrected chi connectivity index (χ2v) is 11.9. The van der Waals surface area contributed by atoms with Crippen molar-refractivity contribution in [2.75, 3.05) is 12.4 Å². The fraction of sp³-hybridized carbons (Fsp3) is 0.348. The van der Waals surface area contributed by atoms with Crippen LogP contribution in [0.1, 0.15) is 41.2 Å². The largest absolute Gasteiger partial charge is 0.386 e. The number of Topliss-reactive ketones (excluding diaryl/α,β-unsaturated/α-hetero) is 1. The molecule has 3 heterocycles. The Bertz CT molecular complexity index is 1470. The van der Waals surface area contributed by atoms with E-state index in [1.807, 2.05) is 0 Å². The lowest BCUT2D eigenvalue weighted by molar-refractivity contribution is 0.0988. The van der Waals surface area contributed by atoms with Crippen LogP contribution in [0.25, 0.3) is 5.65 Å². The van der Waals surface area contributed by atoms with Crippen molar-refractivity contribution in [1.29, 1.82) is 0 Å². The van der Waals surface area contributed by atoms with Gasteiger partial charge in [0.2, 0.25) is 0 Å². The minimum absolute atomic E-state index is 0.161. The molecule has 0 aliphatic carbocycles. The number of pyridine rings is 1. The quantitative estimate of drug-likeness (QED) is 0.530. The Kier molecular flexibility index (Phi) is 5.80. The number of imidazole rings is 1. The van der Waals surface area contributed by atoms with Gasteiger partial charge in [-0.05, 0) is 50.6 Å². The zero-order valence-corrected chi connectivity index (χ0v) is 20.3. The number of ketones is 1. The van der Waals surface area contributed by atoms with Gasteiger partial charge in [0.25, 0.3) is 0 Å². The number of hydrogen-bond donors (Lipinski definition) is 1. The van der Waals surface area contributed by atoms with Gasteiger partial charge in [0, 0.05) is 18.2 Å². The number of amidine groups is 1. The van der Waals surface area contributed by atoms with Crippen molar-refractivity contribution in [3.63, 3.8) is 0 Å². The van der Waals surface area contributed by atoms with Crippen LogP contribution in [-0.4, -0.2) is 46.6 Å². The molecule has 34 heavy (non-hydrogen) atoms. The van der Waals surface area contributed by atoms with Crippen molar-refractivity contribution < 1.29 is 22.0 Å². The highest BCUT2D eigenvalue weighted by Crippen LogP contribution is 2.39. The first-order chi connectivity index (χ1) is 15.8. The van der Waals surface area contributed by atoms with Gasteiger partial charge in [0.05, 0.1) is 16.5 Å². The first-order valence-electron chi connectivity index (χ1n) is 10.4. The summed E-state index contributed by atoms with van der Waals surface area (Å²) in [5.74, 6) is -2.22. The zero-order valence-electron chi connectivity index (χ0n) is 18.8. The number of aromatic nitrogens is 2. The number of carbonyl (C=O) groups excluding carboxylic acids is 1. The maximum atomic E-state index is 14.9. The molecule has 1 aliphatic heterocycles. The van der Waals surface area contributed by atoms with Crippen molar-refractivity contribution in [3.8, 4) is 0 Å². The number of aryl methyl sites for hydroxylation is 1. The summed E-state index contributed by atoms with van der Waals surface area (Å²) in [6, 6.07) is 7.08. The molecule has 3 aromatic rings. The van der Waals surface area contributed by atoms with E-state index in [4.69, 9.17) is 17.3 Å². The molecule has 0 saturated heterocycles. The molecule has 7 nitrogen and oxygen atoms in total. The Labute approximate surface area is 200 Å². The molecular weight excluding hydrogens is 486 g/mol. The van der Waals surface area contributed by atoms with Gasteiger partial charge in [-0.15, -0.1) is 0 Å².